The van der Waals surface area contributed by atoms with E-state index in [2.05, 4.69) is 33.9 Å². The Balaban J connectivity index is 2.03. The minimum atomic E-state index is 0.0473. The summed E-state index contributed by atoms with van der Waals surface area (Å²) in [7, 11) is 2.06. The molecule has 0 bridgehead atoms. The number of hydrogen-bond donors (Lipinski definition) is 0. The molecule has 0 aliphatic carbocycles. The second-order valence-corrected chi connectivity index (χ2v) is 6.20. The number of para-hydroxylation sites is 2. The molecule has 2 aromatic rings. The summed E-state index contributed by atoms with van der Waals surface area (Å²) in [5.74, 6) is 0.0473. The van der Waals surface area contributed by atoms with Gasteiger partial charge in [0.15, 0.2) is 0 Å². The summed E-state index contributed by atoms with van der Waals surface area (Å²) in [5.41, 5.74) is 3.88. The molecule has 0 fully saturated rings. The summed E-state index contributed by atoms with van der Waals surface area (Å²) in [5, 5.41) is 0. The van der Waals surface area contributed by atoms with Gasteiger partial charge in [0.1, 0.15) is 0 Å². The number of rotatable bonds is 1. The predicted molar refractivity (Wildman–Crippen MR) is 90.3 cm³/mol. The van der Waals surface area contributed by atoms with Gasteiger partial charge in [-0.3, -0.25) is 4.79 Å². The first-order valence-corrected chi connectivity index (χ1v) is 7.75. The number of likely N-dealkylation sites (N-methyl/N-ethyl adjacent to an activating group) is 1. The maximum Gasteiger partial charge on any atom is 0.259 e. The number of halogens is 1. The topological polar surface area (TPSA) is 23.6 Å². The van der Waals surface area contributed by atoms with Crippen LogP contribution in [0.2, 0.25) is 0 Å². The first kappa shape index (κ1) is 14.1. The average Bonchev–Trinajstić information content (AvgIpc) is 2.50. The van der Waals surface area contributed by atoms with Crippen LogP contribution in [0.3, 0.4) is 0 Å². The Morgan fingerprint density at radius 3 is 2.57 bits per heavy atom. The fraction of sp³-hybridized carbons (Fsp3) is 0.235. The highest BCUT2D eigenvalue weighted by Gasteiger charge is 2.26. The van der Waals surface area contributed by atoms with Gasteiger partial charge in [-0.1, -0.05) is 23.8 Å². The van der Waals surface area contributed by atoms with Crippen LogP contribution in [0.25, 0.3) is 0 Å². The Kier molecular flexibility index (Phi) is 3.72. The van der Waals surface area contributed by atoms with E-state index in [1.54, 1.807) is 0 Å². The SMILES string of the molecule is Cc1ccc(Br)c(C(=O)N2CCN(C)c3ccccc32)c1. The molecule has 2 aromatic carbocycles. The molecule has 0 aromatic heterocycles. The molecule has 0 saturated carbocycles. The van der Waals surface area contributed by atoms with Crippen LogP contribution in [0.5, 0.6) is 0 Å². The van der Waals surface area contributed by atoms with Gasteiger partial charge in [-0.25, -0.2) is 0 Å². The van der Waals surface area contributed by atoms with Crippen molar-refractivity contribution in [3.63, 3.8) is 0 Å². The minimum absolute atomic E-state index is 0.0473. The van der Waals surface area contributed by atoms with Gasteiger partial charge in [-0.15, -0.1) is 0 Å². The molecule has 21 heavy (non-hydrogen) atoms. The van der Waals surface area contributed by atoms with Gasteiger partial charge in [0.05, 0.1) is 16.9 Å². The van der Waals surface area contributed by atoms with Gasteiger partial charge in [0.25, 0.3) is 5.91 Å². The van der Waals surface area contributed by atoms with Gasteiger partial charge in [0, 0.05) is 24.6 Å². The van der Waals surface area contributed by atoms with E-state index in [1.165, 1.54) is 0 Å². The molecule has 0 N–H and O–H groups in total. The zero-order chi connectivity index (χ0) is 15.0. The number of benzene rings is 2. The van der Waals surface area contributed by atoms with Gasteiger partial charge < -0.3 is 9.80 Å². The number of fused-ring (bicyclic) bond motifs is 1. The third-order valence-corrected chi connectivity index (χ3v) is 4.53. The zero-order valence-corrected chi connectivity index (χ0v) is 13.7. The van der Waals surface area contributed by atoms with E-state index in [0.717, 1.165) is 28.0 Å². The van der Waals surface area contributed by atoms with Crippen molar-refractivity contribution in [2.75, 3.05) is 29.9 Å². The van der Waals surface area contributed by atoms with E-state index >= 15 is 0 Å². The second-order valence-electron chi connectivity index (χ2n) is 5.35. The number of carbonyl (C=O) groups is 1. The Hall–Kier alpha value is -1.81. The molecule has 0 saturated heterocycles. The van der Waals surface area contributed by atoms with Crippen LogP contribution in [-0.4, -0.2) is 26.0 Å². The predicted octanol–water partition coefficient (Wildman–Crippen LogP) is 3.85. The Morgan fingerprint density at radius 2 is 1.81 bits per heavy atom. The third-order valence-electron chi connectivity index (χ3n) is 3.84. The largest absolute Gasteiger partial charge is 0.371 e. The molecular formula is C17H17BrN2O. The fourth-order valence-electron chi connectivity index (χ4n) is 2.67. The Labute approximate surface area is 133 Å². The molecule has 1 heterocycles. The summed E-state index contributed by atoms with van der Waals surface area (Å²) in [6.45, 7) is 3.54. The number of aryl methyl sites for hydroxylation is 1. The van der Waals surface area contributed by atoms with Crippen molar-refractivity contribution >= 4 is 33.2 Å². The van der Waals surface area contributed by atoms with Crippen molar-refractivity contribution in [1.29, 1.82) is 0 Å². The van der Waals surface area contributed by atoms with Crippen molar-refractivity contribution in [3.05, 3.63) is 58.1 Å². The lowest BCUT2D eigenvalue weighted by atomic mass is 10.1. The van der Waals surface area contributed by atoms with Crippen molar-refractivity contribution in [2.24, 2.45) is 0 Å². The molecule has 3 nitrogen and oxygen atoms in total. The molecule has 108 valence electrons. The van der Waals surface area contributed by atoms with E-state index in [1.807, 2.05) is 48.2 Å². The number of anilines is 2. The molecule has 0 atom stereocenters. The third kappa shape index (κ3) is 2.56. The fourth-order valence-corrected chi connectivity index (χ4v) is 3.08. The Morgan fingerprint density at radius 1 is 1.10 bits per heavy atom. The summed E-state index contributed by atoms with van der Waals surface area (Å²) in [4.78, 5) is 17.0. The van der Waals surface area contributed by atoms with Crippen LogP contribution < -0.4 is 9.80 Å². The van der Waals surface area contributed by atoms with E-state index in [-0.39, 0.29) is 5.91 Å². The quantitative estimate of drug-likeness (QED) is 0.784. The van der Waals surface area contributed by atoms with Crippen molar-refractivity contribution < 1.29 is 4.79 Å². The van der Waals surface area contributed by atoms with E-state index in [4.69, 9.17) is 0 Å². The molecule has 1 aliphatic heterocycles. The lowest BCUT2D eigenvalue weighted by Gasteiger charge is -2.35. The van der Waals surface area contributed by atoms with Gasteiger partial charge >= 0.3 is 0 Å². The van der Waals surface area contributed by atoms with Crippen molar-refractivity contribution in [3.8, 4) is 0 Å². The van der Waals surface area contributed by atoms with Crippen LogP contribution in [0.15, 0.2) is 46.9 Å². The first-order chi connectivity index (χ1) is 10.1. The molecule has 0 spiro atoms. The monoisotopic (exact) mass is 344 g/mol. The van der Waals surface area contributed by atoms with Crippen LogP contribution in [0, 0.1) is 6.92 Å². The van der Waals surface area contributed by atoms with Gasteiger partial charge in [0.2, 0.25) is 0 Å². The van der Waals surface area contributed by atoms with Gasteiger partial charge in [-0.2, -0.15) is 0 Å². The van der Waals surface area contributed by atoms with E-state index in [9.17, 15) is 4.79 Å². The molecule has 1 amide bonds. The maximum atomic E-state index is 12.9. The van der Waals surface area contributed by atoms with Crippen LogP contribution >= 0.6 is 15.9 Å². The lowest BCUT2D eigenvalue weighted by Crippen LogP contribution is -2.42. The Bertz CT molecular complexity index is 699. The second kappa shape index (κ2) is 5.53. The highest BCUT2D eigenvalue weighted by atomic mass is 79.9. The maximum absolute atomic E-state index is 12.9. The van der Waals surface area contributed by atoms with Crippen LogP contribution in [0.1, 0.15) is 15.9 Å². The van der Waals surface area contributed by atoms with Crippen LogP contribution in [0.4, 0.5) is 11.4 Å². The number of amides is 1. The summed E-state index contributed by atoms with van der Waals surface area (Å²) >= 11 is 3.49. The lowest BCUT2D eigenvalue weighted by molar-refractivity contribution is 0.0986. The summed E-state index contributed by atoms with van der Waals surface area (Å²) < 4.78 is 0.842. The molecule has 0 unspecified atom stereocenters. The standard InChI is InChI=1S/C17H17BrN2O/c1-12-7-8-14(18)13(11-12)17(21)20-10-9-19(2)15-5-3-4-6-16(15)20/h3-8,11H,9-10H2,1-2H3. The first-order valence-electron chi connectivity index (χ1n) is 6.96. The minimum Gasteiger partial charge on any atom is -0.371 e. The summed E-state index contributed by atoms with van der Waals surface area (Å²) in [6.07, 6.45) is 0. The smallest absolute Gasteiger partial charge is 0.259 e. The van der Waals surface area contributed by atoms with Crippen LogP contribution in [-0.2, 0) is 0 Å². The molecular weight excluding hydrogens is 328 g/mol. The molecule has 3 rings (SSSR count). The number of carbonyl (C=O) groups excluding carboxylic acids is 1. The zero-order valence-electron chi connectivity index (χ0n) is 12.1. The highest BCUT2D eigenvalue weighted by Crippen LogP contribution is 2.33. The van der Waals surface area contributed by atoms with E-state index < -0.39 is 0 Å². The molecule has 4 heteroatoms. The molecule has 0 radical (unpaired) electrons. The highest BCUT2D eigenvalue weighted by molar-refractivity contribution is 9.10. The number of hydrogen-bond acceptors (Lipinski definition) is 2. The molecule has 1 aliphatic rings. The van der Waals surface area contributed by atoms with Gasteiger partial charge in [-0.05, 0) is 47.1 Å². The van der Waals surface area contributed by atoms with Crippen molar-refractivity contribution in [2.45, 2.75) is 6.92 Å². The van der Waals surface area contributed by atoms with E-state index in [0.29, 0.717) is 12.1 Å². The normalized spacial score (nSPS) is 14.0. The number of nitrogens with zero attached hydrogens (tertiary/aromatic N) is 2. The average molecular weight is 345 g/mol. The summed E-state index contributed by atoms with van der Waals surface area (Å²) in [6, 6.07) is 13.9. The van der Waals surface area contributed by atoms with Crippen molar-refractivity contribution in [1.82, 2.24) is 0 Å².